The van der Waals surface area contributed by atoms with Crippen LogP contribution in [0.3, 0.4) is 0 Å². The quantitative estimate of drug-likeness (QED) is 0.637. The molecule has 0 spiro atoms. The fourth-order valence-electron chi connectivity index (χ4n) is 2.08. The van der Waals surface area contributed by atoms with E-state index in [1.54, 1.807) is 30.3 Å². The monoisotopic (exact) mass is 347 g/mol. The molecule has 1 amide bonds. The molecular formula is C16H20F3NO4. The zero-order valence-corrected chi connectivity index (χ0v) is 13.0. The second kappa shape index (κ2) is 9.92. The van der Waals surface area contributed by atoms with Crippen LogP contribution >= 0.6 is 0 Å². The minimum atomic E-state index is -4.61. The van der Waals surface area contributed by atoms with Crippen LogP contribution in [-0.2, 0) is 9.53 Å². The number of hydrogen-bond donors (Lipinski definition) is 2. The lowest BCUT2D eigenvalue weighted by atomic mass is 10.1. The number of rotatable bonds is 10. The summed E-state index contributed by atoms with van der Waals surface area (Å²) >= 11 is 0. The zero-order chi connectivity index (χ0) is 18.0. The average molecular weight is 347 g/mol. The minimum absolute atomic E-state index is 0.216. The molecule has 134 valence electrons. The van der Waals surface area contributed by atoms with E-state index < -0.39 is 30.9 Å². The van der Waals surface area contributed by atoms with Crippen LogP contribution in [0.1, 0.15) is 42.5 Å². The molecule has 0 aromatic heterocycles. The zero-order valence-electron chi connectivity index (χ0n) is 13.0. The van der Waals surface area contributed by atoms with E-state index in [9.17, 15) is 22.8 Å². The largest absolute Gasteiger partial charge is 0.522 e. The number of benzene rings is 1. The Morgan fingerprint density at radius 2 is 1.71 bits per heavy atom. The van der Waals surface area contributed by atoms with Crippen molar-refractivity contribution >= 4 is 11.9 Å². The maximum absolute atomic E-state index is 11.9. The van der Waals surface area contributed by atoms with Gasteiger partial charge in [0.2, 0.25) is 0 Å². The number of carbonyl (C=O) groups excluding carboxylic acids is 1. The van der Waals surface area contributed by atoms with Crippen molar-refractivity contribution in [2.24, 2.45) is 0 Å². The van der Waals surface area contributed by atoms with Gasteiger partial charge in [-0.1, -0.05) is 37.5 Å². The van der Waals surface area contributed by atoms with Gasteiger partial charge in [-0.3, -0.25) is 9.53 Å². The third kappa shape index (κ3) is 8.52. The van der Waals surface area contributed by atoms with Crippen LogP contribution in [0.15, 0.2) is 30.3 Å². The molecule has 1 aromatic rings. The standard InChI is InChI=1S/C16H20F3NO4/c17-16(18,19)24-11-7-2-1-6-10-13(15(22)23)20-14(21)12-8-4-3-5-9-12/h3-5,8-9,13H,1-2,6-7,10-11H2,(H,20,21)(H,22,23). The van der Waals surface area contributed by atoms with Crippen LogP contribution in [0.25, 0.3) is 0 Å². The summed E-state index contributed by atoms with van der Waals surface area (Å²) in [5.74, 6) is -1.61. The molecule has 0 heterocycles. The van der Waals surface area contributed by atoms with Crippen LogP contribution in [0.5, 0.6) is 0 Å². The molecule has 0 aliphatic rings. The molecular weight excluding hydrogens is 327 g/mol. The maximum atomic E-state index is 11.9. The number of hydrogen-bond acceptors (Lipinski definition) is 3. The van der Waals surface area contributed by atoms with Crippen molar-refractivity contribution in [1.82, 2.24) is 5.32 Å². The molecule has 8 heteroatoms. The van der Waals surface area contributed by atoms with E-state index in [2.05, 4.69) is 10.1 Å². The molecule has 0 saturated heterocycles. The summed E-state index contributed by atoms with van der Waals surface area (Å²) in [6.07, 6.45) is -2.61. The van der Waals surface area contributed by atoms with Crippen molar-refractivity contribution < 1.29 is 32.6 Å². The van der Waals surface area contributed by atoms with E-state index in [0.29, 0.717) is 24.8 Å². The third-order valence-corrected chi connectivity index (χ3v) is 3.29. The smallest absolute Gasteiger partial charge is 0.480 e. The number of nitrogens with one attached hydrogen (secondary N) is 1. The molecule has 0 fully saturated rings. The summed E-state index contributed by atoms with van der Waals surface area (Å²) < 4.78 is 38.9. The van der Waals surface area contributed by atoms with E-state index in [-0.39, 0.29) is 12.8 Å². The molecule has 0 bridgehead atoms. The van der Waals surface area contributed by atoms with Crippen LogP contribution < -0.4 is 5.32 Å². The topological polar surface area (TPSA) is 75.6 Å². The lowest BCUT2D eigenvalue weighted by Gasteiger charge is -2.14. The summed E-state index contributed by atoms with van der Waals surface area (Å²) in [6.45, 7) is -0.406. The normalized spacial score (nSPS) is 12.6. The molecule has 1 rings (SSSR count). The summed E-state index contributed by atoms with van der Waals surface area (Å²) in [7, 11) is 0. The van der Waals surface area contributed by atoms with Gasteiger partial charge in [-0.05, 0) is 25.0 Å². The number of ether oxygens (including phenoxy) is 1. The highest BCUT2D eigenvalue weighted by molar-refractivity contribution is 5.96. The number of unbranched alkanes of at least 4 members (excludes halogenated alkanes) is 3. The second-order valence-electron chi connectivity index (χ2n) is 5.23. The van der Waals surface area contributed by atoms with E-state index >= 15 is 0 Å². The van der Waals surface area contributed by atoms with Crippen LogP contribution in [0.2, 0.25) is 0 Å². The van der Waals surface area contributed by atoms with Crippen LogP contribution in [0.4, 0.5) is 13.2 Å². The average Bonchev–Trinajstić information content (AvgIpc) is 2.52. The molecule has 0 aliphatic carbocycles. The van der Waals surface area contributed by atoms with Gasteiger partial charge in [0.15, 0.2) is 0 Å². The number of alkyl halides is 3. The summed E-state index contributed by atoms with van der Waals surface area (Å²) in [5.41, 5.74) is 0.369. The Balaban J connectivity index is 2.27. The minimum Gasteiger partial charge on any atom is -0.480 e. The van der Waals surface area contributed by atoms with Gasteiger partial charge in [-0.25, -0.2) is 4.79 Å². The van der Waals surface area contributed by atoms with Gasteiger partial charge in [0, 0.05) is 5.56 Å². The molecule has 24 heavy (non-hydrogen) atoms. The highest BCUT2D eigenvalue weighted by Gasteiger charge is 2.28. The highest BCUT2D eigenvalue weighted by Crippen LogP contribution is 2.17. The van der Waals surface area contributed by atoms with Gasteiger partial charge in [-0.15, -0.1) is 13.2 Å². The number of carboxylic acid groups (broad SMARTS) is 1. The summed E-state index contributed by atoms with van der Waals surface area (Å²) in [4.78, 5) is 23.1. The first kappa shape index (κ1) is 20.0. The highest BCUT2D eigenvalue weighted by atomic mass is 19.4. The Labute approximate surface area is 137 Å². The van der Waals surface area contributed by atoms with E-state index in [1.165, 1.54) is 0 Å². The fraction of sp³-hybridized carbons (Fsp3) is 0.500. The SMILES string of the molecule is O=C(NC(CCCCCCOC(F)(F)F)C(=O)O)c1ccccc1. The van der Waals surface area contributed by atoms with Crippen LogP contribution in [-0.4, -0.2) is 36.0 Å². The van der Waals surface area contributed by atoms with Gasteiger partial charge in [0.05, 0.1) is 6.61 Å². The van der Waals surface area contributed by atoms with Crippen molar-refractivity contribution in [1.29, 1.82) is 0 Å². The predicted octanol–water partition coefficient (Wildman–Crippen LogP) is 3.36. The first-order valence-electron chi connectivity index (χ1n) is 7.59. The van der Waals surface area contributed by atoms with Crippen LogP contribution in [0, 0.1) is 0 Å². The molecule has 1 aromatic carbocycles. The van der Waals surface area contributed by atoms with Gasteiger partial charge in [0.25, 0.3) is 5.91 Å². The van der Waals surface area contributed by atoms with Gasteiger partial charge < -0.3 is 10.4 Å². The van der Waals surface area contributed by atoms with Gasteiger partial charge >= 0.3 is 12.3 Å². The van der Waals surface area contributed by atoms with Crippen molar-refractivity contribution in [2.45, 2.75) is 44.5 Å². The van der Waals surface area contributed by atoms with Crippen molar-refractivity contribution in [3.8, 4) is 0 Å². The van der Waals surface area contributed by atoms with Crippen molar-refractivity contribution in [3.05, 3.63) is 35.9 Å². The first-order chi connectivity index (χ1) is 11.3. The first-order valence-corrected chi connectivity index (χ1v) is 7.59. The number of amides is 1. The second-order valence-corrected chi connectivity index (χ2v) is 5.23. The maximum Gasteiger partial charge on any atom is 0.522 e. The Morgan fingerprint density at radius 3 is 2.29 bits per heavy atom. The Hall–Kier alpha value is -2.09. The fourth-order valence-corrected chi connectivity index (χ4v) is 2.08. The van der Waals surface area contributed by atoms with E-state index in [0.717, 1.165) is 0 Å². The molecule has 0 saturated carbocycles. The molecule has 5 nitrogen and oxygen atoms in total. The molecule has 0 aliphatic heterocycles. The Kier molecular flexibility index (Phi) is 8.25. The molecule has 1 atom stereocenters. The number of carboxylic acids is 1. The predicted molar refractivity (Wildman–Crippen MR) is 80.4 cm³/mol. The molecule has 0 radical (unpaired) electrons. The number of halogens is 3. The lowest BCUT2D eigenvalue weighted by molar-refractivity contribution is -0.324. The number of carbonyl (C=O) groups is 2. The molecule has 1 unspecified atom stereocenters. The lowest BCUT2D eigenvalue weighted by Crippen LogP contribution is -2.40. The van der Waals surface area contributed by atoms with E-state index in [1.807, 2.05) is 0 Å². The van der Waals surface area contributed by atoms with Gasteiger partial charge in [-0.2, -0.15) is 0 Å². The Morgan fingerprint density at radius 1 is 1.08 bits per heavy atom. The third-order valence-electron chi connectivity index (χ3n) is 3.29. The van der Waals surface area contributed by atoms with Crippen molar-refractivity contribution in [2.75, 3.05) is 6.61 Å². The molecule has 2 N–H and O–H groups in total. The number of aliphatic carboxylic acids is 1. The Bertz CT molecular complexity index is 520. The van der Waals surface area contributed by atoms with Gasteiger partial charge in [0.1, 0.15) is 6.04 Å². The summed E-state index contributed by atoms with van der Waals surface area (Å²) in [6, 6.07) is 7.23. The van der Waals surface area contributed by atoms with E-state index in [4.69, 9.17) is 5.11 Å². The van der Waals surface area contributed by atoms with Crippen molar-refractivity contribution in [3.63, 3.8) is 0 Å². The summed E-state index contributed by atoms with van der Waals surface area (Å²) in [5, 5.41) is 11.6.